The fraction of sp³-hybridized carbons (Fsp3) is 0.397. The predicted molar refractivity (Wildman–Crippen MR) is 323 cm³/mol. The van der Waals surface area contributed by atoms with Gasteiger partial charge in [0.1, 0.15) is 28.9 Å². The predicted octanol–water partition coefficient (Wildman–Crippen LogP) is 9.76. The Morgan fingerprint density at radius 2 is 1.66 bits per heavy atom. The number of amides is 5. The molecule has 3 saturated heterocycles. The summed E-state index contributed by atoms with van der Waals surface area (Å²) >= 11 is 6.27. The number of piperidine rings is 2. The minimum atomic E-state index is -4.64. The molecule has 4 aliphatic heterocycles. The van der Waals surface area contributed by atoms with Gasteiger partial charge in [0.2, 0.25) is 11.8 Å². The molecule has 444 valence electrons. The number of nitrogens with zero attached hydrogens (tertiary/aromatic N) is 6. The number of rotatable bonds is 20. The number of ether oxygens (including phenoxy) is 1. The number of fused-ring (bicyclic) bond motifs is 2. The molecule has 0 bridgehead atoms. The number of sulfonamides is 1. The Kier molecular flexibility index (Phi) is 17.2. The molecule has 4 N–H and O–H groups in total. The van der Waals surface area contributed by atoms with E-state index in [4.69, 9.17) is 16.3 Å². The molecule has 1 aliphatic carbocycles. The number of benzene rings is 4. The molecule has 20 nitrogen and oxygen atoms in total. The van der Waals surface area contributed by atoms with Crippen LogP contribution in [0.3, 0.4) is 0 Å². The van der Waals surface area contributed by atoms with Gasteiger partial charge in [-0.05, 0) is 160 Å². The van der Waals surface area contributed by atoms with Gasteiger partial charge in [-0.25, -0.2) is 18.1 Å². The number of aryl methyl sites for hydroxylation is 1. The monoisotopic (exact) mass is 1190 g/mol. The van der Waals surface area contributed by atoms with Gasteiger partial charge >= 0.3 is 0 Å². The summed E-state index contributed by atoms with van der Waals surface area (Å²) in [5.74, 6) is -2.41. The zero-order valence-corrected chi connectivity index (χ0v) is 49.2. The van der Waals surface area contributed by atoms with Crippen molar-refractivity contribution in [3.63, 3.8) is 0 Å². The smallest absolute Gasteiger partial charge is 0.293 e. The van der Waals surface area contributed by atoms with Gasteiger partial charge in [0.15, 0.2) is 0 Å². The van der Waals surface area contributed by atoms with Crippen LogP contribution in [-0.2, 0) is 26.0 Å². The second-order valence-corrected chi connectivity index (χ2v) is 25.8. The number of nitro groups is 1. The van der Waals surface area contributed by atoms with Gasteiger partial charge in [-0.1, -0.05) is 61.7 Å². The second-order valence-electron chi connectivity index (χ2n) is 23.7. The largest absolute Gasteiger partial charge is 0.455 e. The van der Waals surface area contributed by atoms with Crippen LogP contribution in [0.1, 0.15) is 120 Å². The summed E-state index contributed by atoms with van der Waals surface area (Å²) in [7, 11) is -4.64. The molecule has 1 atom stereocenters. The van der Waals surface area contributed by atoms with E-state index in [1.807, 2.05) is 24.3 Å². The summed E-state index contributed by atoms with van der Waals surface area (Å²) < 4.78 is 36.5. The van der Waals surface area contributed by atoms with Crippen LogP contribution in [0, 0.1) is 21.4 Å². The molecule has 4 aromatic carbocycles. The highest BCUT2D eigenvalue weighted by molar-refractivity contribution is 7.90. The highest BCUT2D eigenvalue weighted by Crippen LogP contribution is 2.44. The van der Waals surface area contributed by atoms with Crippen LogP contribution in [0.4, 0.5) is 17.1 Å². The van der Waals surface area contributed by atoms with E-state index in [1.165, 1.54) is 41.1 Å². The van der Waals surface area contributed by atoms with Gasteiger partial charge in [-0.15, -0.1) is 0 Å². The molecule has 2 aromatic heterocycles. The zero-order valence-electron chi connectivity index (χ0n) is 47.7. The number of pyridine rings is 1. The molecular weight excluding hydrogens is 1120 g/mol. The van der Waals surface area contributed by atoms with Crippen LogP contribution in [0.2, 0.25) is 5.02 Å². The number of H-pyrrole nitrogens is 1. The lowest BCUT2D eigenvalue weighted by molar-refractivity contribution is -0.384. The van der Waals surface area contributed by atoms with E-state index in [9.17, 15) is 42.5 Å². The van der Waals surface area contributed by atoms with E-state index >= 15 is 0 Å². The Bertz CT molecular complexity index is 3740. The first kappa shape index (κ1) is 58.8. The summed E-state index contributed by atoms with van der Waals surface area (Å²) in [5.41, 5.74) is 6.73. The number of imide groups is 2. The maximum absolute atomic E-state index is 14.2. The SMILES string of the molecule is CC1(C)CCC(CN2CCN(c3ccc(C(=O)NS(=O)(=O)c4ccc(NCC5CCN(CCCCCc6cccc7c6C(=O)N(C6CCC(=O)NC6=O)C7=O)CC5)c([N+](=O)[O-])c4)c(Oc4cnc5[nH]ccc5c4)c3)CC2)=C(c2ccc(Cl)cc2)C1. The molecule has 11 rings (SSSR count). The number of anilines is 2. The second kappa shape index (κ2) is 24.9. The first-order chi connectivity index (χ1) is 40.9. The van der Waals surface area contributed by atoms with Crippen LogP contribution in [0.5, 0.6) is 11.5 Å². The third-order valence-corrected chi connectivity index (χ3v) is 18.9. The molecular formula is C63H69ClN10O10S. The topological polar surface area (TPSA) is 250 Å². The van der Waals surface area contributed by atoms with Gasteiger partial charge in [0.05, 0.1) is 32.7 Å². The number of nitrogens with one attached hydrogen (secondary N) is 4. The molecule has 5 amide bonds. The van der Waals surface area contributed by atoms with Crippen molar-refractivity contribution in [1.82, 2.24) is 34.7 Å². The van der Waals surface area contributed by atoms with Gasteiger partial charge in [0, 0.05) is 80.1 Å². The quantitative estimate of drug-likeness (QED) is 0.0240. The van der Waals surface area contributed by atoms with Crippen molar-refractivity contribution >= 4 is 84.8 Å². The Labute approximate surface area is 498 Å². The average molecular weight is 1190 g/mol. The molecule has 0 saturated carbocycles. The number of aromatic amines is 1. The highest BCUT2D eigenvalue weighted by atomic mass is 35.5. The van der Waals surface area contributed by atoms with Crippen molar-refractivity contribution in [3.8, 4) is 11.5 Å². The van der Waals surface area contributed by atoms with E-state index in [-0.39, 0.29) is 46.7 Å². The Morgan fingerprint density at radius 3 is 2.42 bits per heavy atom. The summed E-state index contributed by atoms with van der Waals surface area (Å²) in [4.78, 5) is 92.1. The van der Waals surface area contributed by atoms with Crippen LogP contribution in [0.25, 0.3) is 16.6 Å². The van der Waals surface area contributed by atoms with Crippen molar-refractivity contribution < 1.29 is 42.1 Å². The molecule has 0 radical (unpaired) electrons. The maximum atomic E-state index is 14.2. The fourth-order valence-electron chi connectivity index (χ4n) is 12.5. The third kappa shape index (κ3) is 13.3. The molecule has 6 heterocycles. The van der Waals surface area contributed by atoms with Crippen LogP contribution in [0.15, 0.2) is 114 Å². The van der Waals surface area contributed by atoms with Gasteiger partial charge in [-0.2, -0.15) is 0 Å². The van der Waals surface area contributed by atoms with Crippen molar-refractivity contribution in [1.29, 1.82) is 0 Å². The lowest BCUT2D eigenvalue weighted by Crippen LogP contribution is -2.54. The van der Waals surface area contributed by atoms with Crippen LogP contribution >= 0.6 is 11.6 Å². The number of allylic oxidation sites excluding steroid dienone is 1. The van der Waals surface area contributed by atoms with Crippen LogP contribution < -0.4 is 25.0 Å². The van der Waals surface area contributed by atoms with Crippen molar-refractivity contribution in [2.45, 2.75) is 95.4 Å². The third-order valence-electron chi connectivity index (χ3n) is 17.3. The van der Waals surface area contributed by atoms with Crippen molar-refractivity contribution in [2.75, 3.05) is 69.1 Å². The number of unbranched alkanes of at least 4 members (excludes halogenated alkanes) is 2. The summed E-state index contributed by atoms with van der Waals surface area (Å²) in [6.45, 7) is 11.5. The van der Waals surface area contributed by atoms with E-state index < -0.39 is 61.1 Å². The lowest BCUT2D eigenvalue weighted by atomic mass is 9.72. The first-order valence-corrected chi connectivity index (χ1v) is 31.1. The summed E-state index contributed by atoms with van der Waals surface area (Å²) in [6, 6.07) is 24.5. The first-order valence-electron chi connectivity index (χ1n) is 29.2. The zero-order chi connectivity index (χ0) is 59.6. The molecule has 22 heteroatoms. The fourth-order valence-corrected chi connectivity index (χ4v) is 13.6. The molecule has 6 aromatic rings. The normalized spacial score (nSPS) is 18.9. The minimum Gasteiger partial charge on any atom is -0.455 e. The number of hydrogen-bond acceptors (Lipinski definition) is 15. The van der Waals surface area contributed by atoms with E-state index in [2.05, 4.69) is 66.0 Å². The Balaban J connectivity index is 0.682. The Hall–Kier alpha value is -7.98. The maximum Gasteiger partial charge on any atom is 0.293 e. The summed E-state index contributed by atoms with van der Waals surface area (Å²) in [5, 5.41) is 19.4. The minimum absolute atomic E-state index is 0.0583. The summed E-state index contributed by atoms with van der Waals surface area (Å²) in [6.07, 6.45) is 11.5. The average Bonchev–Trinajstić information content (AvgIpc) is 4.28. The van der Waals surface area contributed by atoms with Crippen LogP contribution in [-0.4, -0.2) is 132 Å². The standard InChI is InChI=1S/C63H69ClN10O10S/c1-63(2)24-20-44(51(36-63)41-10-12-45(64)13-11-41)39-71-29-31-72(32-30-71)46-14-16-49(55(34-46)84-47-33-43-21-25-65-58(43)67-38-47)59(76)69-85(82,83)48-15-17-52(54(35-48)74(80)81)66-37-40-22-27-70(28-23-40)26-5-3-4-7-42-8-6-9-50-57(42)62(79)73(61(50)78)53-18-19-56(75)68-60(53)77/h6,8-17,21,25,33-35,38,40,53,66H,3-5,7,18-20,22-24,26-32,36-37,39H2,1-2H3,(H,65,67)(H,69,76)(H,68,75,77). The number of likely N-dealkylation sites (tertiary alicyclic amines) is 1. The number of piperazine rings is 1. The van der Waals surface area contributed by atoms with Gasteiger partial charge in [0.25, 0.3) is 33.4 Å². The van der Waals surface area contributed by atoms with Crippen molar-refractivity contribution in [3.05, 3.63) is 152 Å². The number of carbonyl (C=O) groups excluding carboxylic acids is 5. The highest BCUT2D eigenvalue weighted by Gasteiger charge is 2.45. The van der Waals surface area contributed by atoms with E-state index in [0.29, 0.717) is 48.0 Å². The number of hydrogen-bond donors (Lipinski definition) is 4. The lowest BCUT2D eigenvalue weighted by Gasteiger charge is -2.39. The van der Waals surface area contributed by atoms with Crippen molar-refractivity contribution in [2.24, 2.45) is 11.3 Å². The molecule has 5 aliphatic rings. The van der Waals surface area contributed by atoms with E-state index in [1.54, 1.807) is 36.5 Å². The number of carbonyl (C=O) groups is 5. The molecule has 85 heavy (non-hydrogen) atoms. The molecule has 3 fully saturated rings. The molecule has 1 unspecified atom stereocenters. The Morgan fingerprint density at radius 1 is 0.871 bits per heavy atom. The van der Waals surface area contributed by atoms with Gasteiger partial charge < -0.3 is 24.8 Å². The number of nitro benzene ring substituents is 1. The number of aromatic nitrogens is 2. The van der Waals surface area contributed by atoms with Gasteiger partial charge in [-0.3, -0.25) is 49.2 Å². The number of halogens is 1. The van der Waals surface area contributed by atoms with E-state index in [0.717, 1.165) is 118 Å². The molecule has 0 spiro atoms.